The highest BCUT2D eigenvalue weighted by molar-refractivity contribution is 6.15. The van der Waals surface area contributed by atoms with Gasteiger partial charge in [0.2, 0.25) is 0 Å². The highest BCUT2D eigenvalue weighted by atomic mass is 16.6. The van der Waals surface area contributed by atoms with E-state index < -0.39 is 11.9 Å². The first kappa shape index (κ1) is 8.55. The second-order valence-electron chi connectivity index (χ2n) is 2.75. The molecule has 1 heterocycles. The molecule has 0 radical (unpaired) electrons. The molecule has 1 N–H and O–H groups in total. The van der Waals surface area contributed by atoms with E-state index in [0.717, 1.165) is 6.07 Å². The van der Waals surface area contributed by atoms with Gasteiger partial charge in [-0.05, 0) is 12.1 Å². The largest absolute Gasteiger partial charge is 0.504 e. The molecule has 0 atom stereocenters. The minimum Gasteiger partial charge on any atom is -0.504 e. The number of aromatic hydroxyl groups is 1. The number of benzene rings is 1. The highest BCUT2D eigenvalue weighted by Gasteiger charge is 2.31. The van der Waals surface area contributed by atoms with Crippen LogP contribution in [0.2, 0.25) is 0 Å². The van der Waals surface area contributed by atoms with E-state index in [9.17, 15) is 14.7 Å². The third-order valence-electron chi connectivity index (χ3n) is 1.94. The van der Waals surface area contributed by atoms with Gasteiger partial charge in [0.15, 0.2) is 11.5 Å². The van der Waals surface area contributed by atoms with E-state index in [-0.39, 0.29) is 22.6 Å². The summed E-state index contributed by atoms with van der Waals surface area (Å²) >= 11 is 0. The van der Waals surface area contributed by atoms with Crippen molar-refractivity contribution in [3.63, 3.8) is 0 Å². The standard InChI is InChI=1S/C9H6O5/c1-13-7-3-5-4(2-6(7)10)8(11)14-9(5)12/h2-3,10H,1H3. The molecular weight excluding hydrogens is 188 g/mol. The first-order valence-electron chi connectivity index (χ1n) is 3.81. The topological polar surface area (TPSA) is 72.8 Å². The fourth-order valence-corrected chi connectivity index (χ4v) is 1.26. The van der Waals surface area contributed by atoms with Crippen LogP contribution in [0.4, 0.5) is 0 Å². The molecule has 0 spiro atoms. The van der Waals surface area contributed by atoms with Crippen molar-refractivity contribution >= 4 is 11.9 Å². The molecule has 1 aromatic carbocycles. The number of phenolic OH excluding ortho intramolecular Hbond substituents is 1. The van der Waals surface area contributed by atoms with Gasteiger partial charge >= 0.3 is 11.9 Å². The first-order chi connectivity index (χ1) is 6.63. The van der Waals surface area contributed by atoms with Crippen LogP contribution in [0.3, 0.4) is 0 Å². The van der Waals surface area contributed by atoms with Crippen molar-refractivity contribution < 1.29 is 24.2 Å². The zero-order valence-electron chi connectivity index (χ0n) is 7.23. The van der Waals surface area contributed by atoms with Crippen LogP contribution >= 0.6 is 0 Å². The lowest BCUT2D eigenvalue weighted by molar-refractivity contribution is 0.0443. The lowest BCUT2D eigenvalue weighted by Crippen LogP contribution is -1.96. The fraction of sp³-hybridized carbons (Fsp3) is 0.111. The molecule has 1 aliphatic heterocycles. The van der Waals surface area contributed by atoms with E-state index in [1.54, 1.807) is 0 Å². The lowest BCUT2D eigenvalue weighted by atomic mass is 10.1. The maximum absolute atomic E-state index is 11.1. The van der Waals surface area contributed by atoms with Crippen molar-refractivity contribution in [2.24, 2.45) is 0 Å². The summed E-state index contributed by atoms with van der Waals surface area (Å²) in [5.74, 6) is -1.53. The summed E-state index contributed by atoms with van der Waals surface area (Å²) in [6.07, 6.45) is 0. The summed E-state index contributed by atoms with van der Waals surface area (Å²) in [5.41, 5.74) is 0.179. The Bertz CT molecular complexity index is 435. The summed E-state index contributed by atoms with van der Waals surface area (Å²) in [6.45, 7) is 0. The van der Waals surface area contributed by atoms with Crippen molar-refractivity contribution in [1.29, 1.82) is 0 Å². The molecule has 5 heteroatoms. The Balaban J connectivity index is 2.65. The summed E-state index contributed by atoms with van der Waals surface area (Å²) < 4.78 is 9.13. The van der Waals surface area contributed by atoms with E-state index >= 15 is 0 Å². The minimum atomic E-state index is -0.747. The molecule has 0 fully saturated rings. The number of hydrogen-bond donors (Lipinski definition) is 1. The average molecular weight is 194 g/mol. The van der Waals surface area contributed by atoms with Gasteiger partial charge in [-0.15, -0.1) is 0 Å². The quantitative estimate of drug-likeness (QED) is 0.526. The third-order valence-corrected chi connectivity index (χ3v) is 1.94. The first-order valence-corrected chi connectivity index (χ1v) is 3.81. The third kappa shape index (κ3) is 1.02. The second kappa shape index (κ2) is 2.73. The smallest absolute Gasteiger partial charge is 0.347 e. The van der Waals surface area contributed by atoms with E-state index in [0.29, 0.717) is 0 Å². The molecule has 0 bridgehead atoms. The van der Waals surface area contributed by atoms with Gasteiger partial charge in [0.05, 0.1) is 18.2 Å². The van der Waals surface area contributed by atoms with Crippen molar-refractivity contribution in [2.75, 3.05) is 7.11 Å². The van der Waals surface area contributed by atoms with Crippen LogP contribution in [0, 0.1) is 0 Å². The van der Waals surface area contributed by atoms with Gasteiger partial charge in [-0.1, -0.05) is 0 Å². The van der Waals surface area contributed by atoms with Gasteiger partial charge < -0.3 is 14.6 Å². The molecule has 0 aromatic heterocycles. The Morgan fingerprint density at radius 2 is 1.79 bits per heavy atom. The number of hydrogen-bond acceptors (Lipinski definition) is 5. The number of rotatable bonds is 1. The number of esters is 2. The van der Waals surface area contributed by atoms with E-state index in [2.05, 4.69) is 4.74 Å². The van der Waals surface area contributed by atoms with Crippen molar-refractivity contribution in [3.8, 4) is 11.5 Å². The van der Waals surface area contributed by atoms with Crippen molar-refractivity contribution in [2.45, 2.75) is 0 Å². The molecule has 0 amide bonds. The van der Waals surface area contributed by atoms with Gasteiger partial charge in [-0.3, -0.25) is 0 Å². The Labute approximate surface area is 78.9 Å². The van der Waals surface area contributed by atoms with Crippen molar-refractivity contribution in [3.05, 3.63) is 23.3 Å². The van der Waals surface area contributed by atoms with Crippen LogP contribution in [-0.4, -0.2) is 24.2 Å². The SMILES string of the molecule is COc1cc2c(cc1O)C(=O)OC2=O. The normalized spacial score (nSPS) is 13.8. The molecule has 1 aliphatic rings. The number of cyclic esters (lactones) is 2. The van der Waals surface area contributed by atoms with E-state index in [1.165, 1.54) is 13.2 Å². The van der Waals surface area contributed by atoms with Gasteiger partial charge in [-0.2, -0.15) is 0 Å². The van der Waals surface area contributed by atoms with Gasteiger partial charge in [-0.25, -0.2) is 9.59 Å². The monoisotopic (exact) mass is 194 g/mol. The van der Waals surface area contributed by atoms with Crippen LogP contribution in [0.25, 0.3) is 0 Å². The molecule has 14 heavy (non-hydrogen) atoms. The Morgan fingerprint density at radius 3 is 2.36 bits per heavy atom. The molecule has 72 valence electrons. The Kier molecular flexibility index (Phi) is 1.67. The zero-order chi connectivity index (χ0) is 10.3. The molecule has 0 saturated carbocycles. The molecular formula is C9H6O5. The van der Waals surface area contributed by atoms with E-state index in [1.807, 2.05) is 0 Å². The van der Waals surface area contributed by atoms with Crippen LogP contribution in [0.5, 0.6) is 11.5 Å². The van der Waals surface area contributed by atoms with Crippen LogP contribution in [-0.2, 0) is 4.74 Å². The predicted molar refractivity (Wildman–Crippen MR) is 44.4 cm³/mol. The van der Waals surface area contributed by atoms with Gasteiger partial charge in [0.1, 0.15) is 0 Å². The van der Waals surface area contributed by atoms with Crippen molar-refractivity contribution in [1.82, 2.24) is 0 Å². The summed E-state index contributed by atoms with van der Waals surface area (Å²) in [7, 11) is 1.35. The van der Waals surface area contributed by atoms with E-state index in [4.69, 9.17) is 4.74 Å². The summed E-state index contributed by atoms with van der Waals surface area (Å²) in [6, 6.07) is 2.43. The minimum absolute atomic E-state index is 0.0632. The predicted octanol–water partition coefficient (Wildman–Crippen LogP) is 0.711. The number of carbonyl (C=O) groups excluding carboxylic acids is 2. The van der Waals surface area contributed by atoms with Crippen LogP contribution in [0.15, 0.2) is 12.1 Å². The molecule has 0 saturated heterocycles. The average Bonchev–Trinajstić information content (AvgIpc) is 2.41. The summed E-state index contributed by atoms with van der Waals surface area (Å²) in [5, 5.41) is 9.33. The molecule has 0 unspecified atom stereocenters. The van der Waals surface area contributed by atoms with Crippen LogP contribution in [0.1, 0.15) is 20.7 Å². The number of phenols is 1. The number of methoxy groups -OCH3 is 1. The molecule has 5 nitrogen and oxygen atoms in total. The molecule has 1 aromatic rings. The Morgan fingerprint density at radius 1 is 1.21 bits per heavy atom. The maximum Gasteiger partial charge on any atom is 0.347 e. The summed E-state index contributed by atoms with van der Waals surface area (Å²) in [4.78, 5) is 22.1. The number of fused-ring (bicyclic) bond motifs is 1. The maximum atomic E-state index is 11.1. The Hall–Kier alpha value is -2.04. The number of carbonyl (C=O) groups is 2. The van der Waals surface area contributed by atoms with Crippen LogP contribution < -0.4 is 4.74 Å². The lowest BCUT2D eigenvalue weighted by Gasteiger charge is -2.02. The zero-order valence-corrected chi connectivity index (χ0v) is 7.23. The fourth-order valence-electron chi connectivity index (χ4n) is 1.26. The second-order valence-corrected chi connectivity index (χ2v) is 2.75. The molecule has 2 rings (SSSR count). The highest BCUT2D eigenvalue weighted by Crippen LogP contribution is 2.32. The molecule has 0 aliphatic carbocycles. The van der Waals surface area contributed by atoms with Gasteiger partial charge in [0, 0.05) is 0 Å². The number of ether oxygens (including phenoxy) is 2. The van der Waals surface area contributed by atoms with Gasteiger partial charge in [0.25, 0.3) is 0 Å².